The Kier molecular flexibility index (Phi) is 5.14. The molecule has 1 saturated heterocycles. The summed E-state index contributed by atoms with van der Waals surface area (Å²) in [4.78, 5) is 13.6. The molecule has 1 aliphatic carbocycles. The average molecular weight is 307 g/mol. The Morgan fingerprint density at radius 1 is 1.29 bits per heavy atom. The van der Waals surface area contributed by atoms with Crippen LogP contribution in [0.1, 0.15) is 38.5 Å². The number of likely N-dealkylation sites (tertiary alicyclic amines) is 1. The van der Waals surface area contributed by atoms with Crippen LogP contribution in [0.3, 0.4) is 0 Å². The quantitative estimate of drug-likeness (QED) is 0.830. The Bertz CT molecular complexity index is 367. The van der Waals surface area contributed by atoms with Gasteiger partial charge in [-0.2, -0.15) is 13.2 Å². The van der Waals surface area contributed by atoms with E-state index in [1.54, 1.807) is 0 Å². The maximum absolute atomic E-state index is 12.3. The molecule has 7 heteroatoms. The summed E-state index contributed by atoms with van der Waals surface area (Å²) in [5.41, 5.74) is 5.35. The van der Waals surface area contributed by atoms with Crippen molar-refractivity contribution in [3.8, 4) is 0 Å². The normalized spacial score (nSPS) is 26.8. The van der Waals surface area contributed by atoms with Crippen molar-refractivity contribution in [1.82, 2.24) is 10.2 Å². The molecule has 0 aromatic rings. The second kappa shape index (κ2) is 6.52. The molecule has 1 atom stereocenters. The number of amides is 1. The van der Waals surface area contributed by atoms with Crippen molar-refractivity contribution in [2.75, 3.05) is 26.2 Å². The van der Waals surface area contributed by atoms with Crippen LogP contribution in [0.15, 0.2) is 0 Å². The van der Waals surface area contributed by atoms with Gasteiger partial charge in [-0.3, -0.25) is 9.69 Å². The fourth-order valence-electron chi connectivity index (χ4n) is 3.30. The predicted molar refractivity (Wildman–Crippen MR) is 73.6 cm³/mol. The molecule has 122 valence electrons. The fraction of sp³-hybridized carbons (Fsp3) is 0.929. The Morgan fingerprint density at radius 2 is 1.95 bits per heavy atom. The van der Waals surface area contributed by atoms with Crippen LogP contribution < -0.4 is 11.1 Å². The molecule has 1 heterocycles. The van der Waals surface area contributed by atoms with E-state index >= 15 is 0 Å². The van der Waals surface area contributed by atoms with Crippen molar-refractivity contribution >= 4 is 5.91 Å². The molecule has 1 unspecified atom stereocenters. The first-order chi connectivity index (χ1) is 9.78. The molecule has 21 heavy (non-hydrogen) atoms. The molecule has 0 aromatic heterocycles. The Hall–Kier alpha value is -0.820. The van der Waals surface area contributed by atoms with E-state index in [-0.39, 0.29) is 11.8 Å². The van der Waals surface area contributed by atoms with Crippen molar-refractivity contribution < 1.29 is 18.0 Å². The van der Waals surface area contributed by atoms with Crippen LogP contribution in [0, 0.1) is 5.92 Å². The number of alkyl halides is 3. The van der Waals surface area contributed by atoms with Crippen LogP contribution >= 0.6 is 0 Å². The van der Waals surface area contributed by atoms with Crippen LogP contribution in [0.2, 0.25) is 0 Å². The van der Waals surface area contributed by atoms with Gasteiger partial charge in [0, 0.05) is 13.1 Å². The molecule has 3 N–H and O–H groups in total. The summed E-state index contributed by atoms with van der Waals surface area (Å²) in [6.07, 6.45) is 0.976. The third kappa shape index (κ3) is 4.85. The lowest BCUT2D eigenvalue weighted by Crippen LogP contribution is -2.55. The van der Waals surface area contributed by atoms with E-state index in [0.717, 1.165) is 19.3 Å². The summed E-state index contributed by atoms with van der Waals surface area (Å²) < 4.78 is 36.9. The number of hydrogen-bond donors (Lipinski definition) is 2. The number of carbonyl (C=O) groups excluding carboxylic acids is 1. The molecule has 2 aliphatic rings. The average Bonchev–Trinajstić information content (AvgIpc) is 2.82. The molecule has 2 rings (SSSR count). The minimum atomic E-state index is -4.15. The summed E-state index contributed by atoms with van der Waals surface area (Å²) in [6.45, 7) is 0.385. The molecule has 4 nitrogen and oxygen atoms in total. The van der Waals surface area contributed by atoms with Gasteiger partial charge in [-0.15, -0.1) is 0 Å². The van der Waals surface area contributed by atoms with Gasteiger partial charge in [0.05, 0.1) is 12.1 Å². The fourth-order valence-corrected chi connectivity index (χ4v) is 3.30. The van der Waals surface area contributed by atoms with Gasteiger partial charge in [-0.1, -0.05) is 19.3 Å². The number of carbonyl (C=O) groups is 1. The standard InChI is InChI=1S/C14H24F3N3O/c15-14(16,17)10-20-7-4-11(9-20)8-19-12(21)13(18)5-2-1-3-6-13/h11H,1-10,18H2,(H,19,21). The second-order valence-corrected chi connectivity index (χ2v) is 6.43. The number of nitrogens with one attached hydrogen (secondary N) is 1. The summed E-state index contributed by atoms with van der Waals surface area (Å²) in [5, 5.41) is 2.85. The van der Waals surface area contributed by atoms with Crippen molar-refractivity contribution in [2.24, 2.45) is 11.7 Å². The van der Waals surface area contributed by atoms with Crippen molar-refractivity contribution in [1.29, 1.82) is 0 Å². The number of halogens is 3. The van der Waals surface area contributed by atoms with Gasteiger partial charge in [0.2, 0.25) is 5.91 Å². The zero-order valence-electron chi connectivity index (χ0n) is 12.2. The molecular weight excluding hydrogens is 283 g/mol. The van der Waals surface area contributed by atoms with E-state index in [1.165, 1.54) is 4.90 Å². The lowest BCUT2D eigenvalue weighted by atomic mass is 9.82. The van der Waals surface area contributed by atoms with Gasteiger partial charge < -0.3 is 11.1 Å². The minimum Gasteiger partial charge on any atom is -0.354 e. The first-order valence-corrected chi connectivity index (χ1v) is 7.65. The summed E-state index contributed by atoms with van der Waals surface area (Å²) in [6, 6.07) is 0. The second-order valence-electron chi connectivity index (χ2n) is 6.43. The molecule has 0 aromatic carbocycles. The zero-order chi connectivity index (χ0) is 15.5. The van der Waals surface area contributed by atoms with E-state index in [0.29, 0.717) is 38.9 Å². The predicted octanol–water partition coefficient (Wildman–Crippen LogP) is 1.65. The lowest BCUT2D eigenvalue weighted by Gasteiger charge is -2.32. The number of nitrogens with two attached hydrogens (primary N) is 1. The number of nitrogens with zero attached hydrogens (tertiary/aromatic N) is 1. The monoisotopic (exact) mass is 307 g/mol. The van der Waals surface area contributed by atoms with Gasteiger partial charge in [0.25, 0.3) is 0 Å². The molecule has 1 saturated carbocycles. The molecule has 0 radical (unpaired) electrons. The van der Waals surface area contributed by atoms with Crippen molar-refractivity contribution in [2.45, 2.75) is 50.2 Å². The van der Waals surface area contributed by atoms with E-state index in [2.05, 4.69) is 5.32 Å². The Labute approximate surface area is 123 Å². The molecular formula is C14H24F3N3O. The molecule has 2 fully saturated rings. The third-order valence-corrected chi connectivity index (χ3v) is 4.52. The highest BCUT2D eigenvalue weighted by Crippen LogP contribution is 2.26. The maximum atomic E-state index is 12.3. The molecule has 1 amide bonds. The third-order valence-electron chi connectivity index (χ3n) is 4.52. The highest BCUT2D eigenvalue weighted by molar-refractivity contribution is 5.86. The van der Waals surface area contributed by atoms with Crippen LogP contribution in [0.25, 0.3) is 0 Å². The van der Waals surface area contributed by atoms with E-state index in [9.17, 15) is 18.0 Å². The van der Waals surface area contributed by atoms with Gasteiger partial charge >= 0.3 is 6.18 Å². The van der Waals surface area contributed by atoms with Crippen molar-refractivity contribution in [3.05, 3.63) is 0 Å². The summed E-state index contributed by atoms with van der Waals surface area (Å²) in [7, 11) is 0. The molecule has 0 spiro atoms. The highest BCUT2D eigenvalue weighted by Gasteiger charge is 2.37. The topological polar surface area (TPSA) is 58.4 Å². The SMILES string of the molecule is NC1(C(=O)NCC2CCN(CC(F)(F)F)C2)CCCCC1. The van der Waals surface area contributed by atoms with Gasteiger partial charge in [-0.25, -0.2) is 0 Å². The first kappa shape index (κ1) is 16.5. The Morgan fingerprint density at radius 3 is 2.57 bits per heavy atom. The summed E-state index contributed by atoms with van der Waals surface area (Å²) in [5.74, 6) is -0.0556. The lowest BCUT2D eigenvalue weighted by molar-refractivity contribution is -0.143. The van der Waals surface area contributed by atoms with Crippen LogP contribution in [-0.4, -0.2) is 48.7 Å². The smallest absolute Gasteiger partial charge is 0.354 e. The van der Waals surface area contributed by atoms with Gasteiger partial charge in [0.1, 0.15) is 0 Å². The van der Waals surface area contributed by atoms with Crippen LogP contribution in [-0.2, 0) is 4.79 Å². The zero-order valence-corrected chi connectivity index (χ0v) is 12.2. The van der Waals surface area contributed by atoms with Crippen LogP contribution in [0.4, 0.5) is 13.2 Å². The number of rotatable bonds is 4. The largest absolute Gasteiger partial charge is 0.401 e. The number of hydrogen-bond acceptors (Lipinski definition) is 3. The first-order valence-electron chi connectivity index (χ1n) is 7.65. The molecule has 1 aliphatic heterocycles. The van der Waals surface area contributed by atoms with Crippen molar-refractivity contribution in [3.63, 3.8) is 0 Å². The summed E-state index contributed by atoms with van der Waals surface area (Å²) >= 11 is 0. The maximum Gasteiger partial charge on any atom is 0.401 e. The van der Waals surface area contributed by atoms with Crippen LogP contribution in [0.5, 0.6) is 0 Å². The van der Waals surface area contributed by atoms with E-state index in [1.807, 2.05) is 0 Å². The minimum absolute atomic E-state index is 0.0866. The van der Waals surface area contributed by atoms with E-state index < -0.39 is 18.3 Å². The Balaban J connectivity index is 1.73. The van der Waals surface area contributed by atoms with Gasteiger partial charge in [-0.05, 0) is 31.7 Å². The molecule has 0 bridgehead atoms. The van der Waals surface area contributed by atoms with E-state index in [4.69, 9.17) is 5.73 Å². The van der Waals surface area contributed by atoms with Gasteiger partial charge in [0.15, 0.2) is 0 Å². The highest BCUT2D eigenvalue weighted by atomic mass is 19.4.